The van der Waals surface area contributed by atoms with Gasteiger partial charge in [-0.2, -0.15) is 0 Å². The van der Waals surface area contributed by atoms with Gasteiger partial charge in [0.1, 0.15) is 0 Å². The van der Waals surface area contributed by atoms with Crippen molar-refractivity contribution in [3.63, 3.8) is 0 Å². The van der Waals surface area contributed by atoms with Gasteiger partial charge >= 0.3 is 0 Å². The molecule has 0 bridgehead atoms. The van der Waals surface area contributed by atoms with E-state index in [1.165, 1.54) is 57.8 Å². The van der Waals surface area contributed by atoms with Gasteiger partial charge in [-0.25, -0.2) is 0 Å². The maximum absolute atomic E-state index is 6.68. The number of hydrogen-bond acceptors (Lipinski definition) is 1. The second kappa shape index (κ2) is 6.22. The molecule has 1 saturated carbocycles. The van der Waals surface area contributed by atoms with Gasteiger partial charge in [-0.1, -0.05) is 59.8 Å². The summed E-state index contributed by atoms with van der Waals surface area (Å²) >= 11 is 0. The summed E-state index contributed by atoms with van der Waals surface area (Å²) in [5, 5.41) is 0. The second-order valence-corrected chi connectivity index (χ2v) is 7.18. The molecule has 1 fully saturated rings. The average molecular weight is 239 g/mol. The summed E-state index contributed by atoms with van der Waals surface area (Å²) in [6.45, 7) is 9.40. The molecule has 0 aromatic heterocycles. The van der Waals surface area contributed by atoms with E-state index in [4.69, 9.17) is 5.73 Å². The van der Waals surface area contributed by atoms with Crippen LogP contribution in [-0.2, 0) is 0 Å². The summed E-state index contributed by atoms with van der Waals surface area (Å²) < 4.78 is 0. The van der Waals surface area contributed by atoms with Crippen LogP contribution in [0.5, 0.6) is 0 Å². The van der Waals surface area contributed by atoms with Gasteiger partial charge in [0.05, 0.1) is 0 Å². The summed E-state index contributed by atoms with van der Waals surface area (Å²) in [5.74, 6) is 0.855. The molecule has 17 heavy (non-hydrogen) atoms. The third-order valence-electron chi connectivity index (χ3n) is 4.60. The van der Waals surface area contributed by atoms with Gasteiger partial charge < -0.3 is 5.73 Å². The van der Waals surface area contributed by atoms with Crippen molar-refractivity contribution in [2.24, 2.45) is 17.1 Å². The minimum atomic E-state index is 0.135. The van der Waals surface area contributed by atoms with Crippen LogP contribution in [0.1, 0.15) is 85.5 Å². The zero-order valence-electron chi connectivity index (χ0n) is 12.5. The van der Waals surface area contributed by atoms with E-state index in [2.05, 4.69) is 27.7 Å². The summed E-state index contributed by atoms with van der Waals surface area (Å²) in [5.41, 5.74) is 7.29. The lowest BCUT2D eigenvalue weighted by atomic mass is 9.65. The van der Waals surface area contributed by atoms with Gasteiger partial charge in [-0.05, 0) is 37.0 Å². The quantitative estimate of drug-likeness (QED) is 0.701. The maximum Gasteiger partial charge on any atom is 0.0162 e. The van der Waals surface area contributed by atoms with Crippen molar-refractivity contribution >= 4 is 0 Å². The Balaban J connectivity index is 2.51. The molecule has 1 aliphatic rings. The summed E-state index contributed by atoms with van der Waals surface area (Å²) in [4.78, 5) is 0. The molecule has 0 saturated heterocycles. The van der Waals surface area contributed by atoms with Gasteiger partial charge in [0.15, 0.2) is 0 Å². The van der Waals surface area contributed by atoms with Gasteiger partial charge in [0, 0.05) is 5.54 Å². The highest BCUT2D eigenvalue weighted by molar-refractivity contribution is 4.95. The van der Waals surface area contributed by atoms with E-state index in [0.29, 0.717) is 5.41 Å². The van der Waals surface area contributed by atoms with E-state index >= 15 is 0 Å². The first kappa shape index (κ1) is 15.0. The standard InChI is InChI=1S/C16H33N/c1-5-7-9-14(6-2)12-16(17)11-8-10-15(3,4)13-16/h14H,5-13,17H2,1-4H3. The molecule has 0 radical (unpaired) electrons. The SMILES string of the molecule is CCCCC(CC)CC1(N)CCCC(C)(C)C1. The zero-order valence-corrected chi connectivity index (χ0v) is 12.5. The van der Waals surface area contributed by atoms with Crippen LogP contribution in [0.15, 0.2) is 0 Å². The highest BCUT2D eigenvalue weighted by Crippen LogP contribution is 2.43. The van der Waals surface area contributed by atoms with Crippen LogP contribution in [0.2, 0.25) is 0 Å². The molecule has 0 aromatic rings. The zero-order chi connectivity index (χ0) is 12.9. The Morgan fingerprint density at radius 1 is 1.18 bits per heavy atom. The lowest BCUT2D eigenvalue weighted by molar-refractivity contribution is 0.125. The van der Waals surface area contributed by atoms with Crippen LogP contribution in [0, 0.1) is 11.3 Å². The lowest BCUT2D eigenvalue weighted by Gasteiger charge is -2.44. The third-order valence-corrected chi connectivity index (χ3v) is 4.60. The predicted molar refractivity (Wildman–Crippen MR) is 77.1 cm³/mol. The van der Waals surface area contributed by atoms with Crippen LogP contribution < -0.4 is 5.73 Å². The molecule has 2 atom stereocenters. The molecule has 2 N–H and O–H groups in total. The molecule has 0 aromatic carbocycles. The molecule has 1 rings (SSSR count). The number of unbranched alkanes of at least 4 members (excludes halogenated alkanes) is 1. The Hall–Kier alpha value is -0.0400. The van der Waals surface area contributed by atoms with Crippen LogP contribution in [0.25, 0.3) is 0 Å². The molecule has 2 unspecified atom stereocenters. The Bertz CT molecular complexity index is 222. The number of nitrogens with two attached hydrogens (primary N) is 1. The first-order valence-corrected chi connectivity index (χ1v) is 7.70. The lowest BCUT2D eigenvalue weighted by Crippen LogP contribution is -2.48. The van der Waals surface area contributed by atoms with Gasteiger partial charge in [0.2, 0.25) is 0 Å². The molecule has 0 aliphatic heterocycles. The first-order valence-electron chi connectivity index (χ1n) is 7.70. The molecule has 102 valence electrons. The van der Waals surface area contributed by atoms with E-state index in [-0.39, 0.29) is 5.54 Å². The van der Waals surface area contributed by atoms with E-state index in [1.54, 1.807) is 0 Å². The largest absolute Gasteiger partial charge is 0.325 e. The van der Waals surface area contributed by atoms with Crippen LogP contribution in [0.4, 0.5) is 0 Å². The van der Waals surface area contributed by atoms with Crippen molar-refractivity contribution in [2.45, 2.75) is 91.0 Å². The monoisotopic (exact) mass is 239 g/mol. The minimum absolute atomic E-state index is 0.135. The van der Waals surface area contributed by atoms with Crippen LogP contribution >= 0.6 is 0 Å². The molecule has 1 aliphatic carbocycles. The molecule has 0 spiro atoms. The summed E-state index contributed by atoms with van der Waals surface area (Å²) in [6.07, 6.45) is 11.8. The fourth-order valence-corrected chi connectivity index (χ4v) is 3.74. The fourth-order valence-electron chi connectivity index (χ4n) is 3.74. The van der Waals surface area contributed by atoms with Crippen molar-refractivity contribution in [1.82, 2.24) is 0 Å². The number of hydrogen-bond donors (Lipinski definition) is 1. The van der Waals surface area contributed by atoms with E-state index < -0.39 is 0 Å². The molecular weight excluding hydrogens is 206 g/mol. The Morgan fingerprint density at radius 3 is 2.41 bits per heavy atom. The topological polar surface area (TPSA) is 26.0 Å². The Morgan fingerprint density at radius 2 is 1.88 bits per heavy atom. The Kier molecular flexibility index (Phi) is 5.50. The van der Waals surface area contributed by atoms with Gasteiger partial charge in [0.25, 0.3) is 0 Å². The molecule has 1 nitrogen and oxygen atoms in total. The smallest absolute Gasteiger partial charge is 0.0162 e. The van der Waals surface area contributed by atoms with Crippen molar-refractivity contribution in [2.75, 3.05) is 0 Å². The van der Waals surface area contributed by atoms with Crippen molar-refractivity contribution < 1.29 is 0 Å². The van der Waals surface area contributed by atoms with Crippen molar-refractivity contribution in [3.05, 3.63) is 0 Å². The average Bonchev–Trinajstić information content (AvgIpc) is 2.22. The van der Waals surface area contributed by atoms with Gasteiger partial charge in [-0.3, -0.25) is 0 Å². The summed E-state index contributed by atoms with van der Waals surface area (Å²) in [7, 11) is 0. The molecule has 1 heteroatoms. The fraction of sp³-hybridized carbons (Fsp3) is 1.00. The maximum atomic E-state index is 6.68. The first-order chi connectivity index (χ1) is 7.91. The van der Waals surface area contributed by atoms with Crippen molar-refractivity contribution in [1.29, 1.82) is 0 Å². The predicted octanol–water partition coefficient (Wildman–Crippen LogP) is 4.89. The normalized spacial score (nSPS) is 30.2. The second-order valence-electron chi connectivity index (χ2n) is 7.18. The highest BCUT2D eigenvalue weighted by Gasteiger charge is 2.37. The van der Waals surface area contributed by atoms with Gasteiger partial charge in [-0.15, -0.1) is 0 Å². The van der Waals surface area contributed by atoms with Crippen LogP contribution in [-0.4, -0.2) is 5.54 Å². The van der Waals surface area contributed by atoms with Crippen molar-refractivity contribution in [3.8, 4) is 0 Å². The highest BCUT2D eigenvalue weighted by atomic mass is 14.8. The van der Waals surface area contributed by atoms with Crippen LogP contribution in [0.3, 0.4) is 0 Å². The van der Waals surface area contributed by atoms with E-state index in [0.717, 1.165) is 5.92 Å². The molecule has 0 amide bonds. The summed E-state index contributed by atoms with van der Waals surface area (Å²) in [6, 6.07) is 0. The Labute approximate surface area is 109 Å². The molecule has 0 heterocycles. The number of rotatable bonds is 6. The van der Waals surface area contributed by atoms with E-state index in [1.807, 2.05) is 0 Å². The third kappa shape index (κ3) is 4.99. The molecular formula is C16H33N. The minimum Gasteiger partial charge on any atom is -0.325 e. The van der Waals surface area contributed by atoms with E-state index in [9.17, 15) is 0 Å².